The number of aryl methyl sites for hydroxylation is 2. The van der Waals surface area contributed by atoms with E-state index in [0.29, 0.717) is 12.4 Å². The van der Waals surface area contributed by atoms with Gasteiger partial charge in [0.1, 0.15) is 5.82 Å². The fraction of sp³-hybridized carbons (Fsp3) is 0.227. The Morgan fingerprint density at radius 1 is 1.00 bits per heavy atom. The predicted molar refractivity (Wildman–Crippen MR) is 110 cm³/mol. The zero-order chi connectivity index (χ0) is 20.1. The Hall–Kier alpha value is -3.41. The van der Waals surface area contributed by atoms with Crippen molar-refractivity contribution in [1.29, 1.82) is 0 Å². The van der Waals surface area contributed by atoms with Gasteiger partial charge in [0.2, 0.25) is 0 Å². The van der Waals surface area contributed by atoms with Crippen LogP contribution in [0.1, 0.15) is 29.7 Å². The van der Waals surface area contributed by atoms with Crippen molar-refractivity contribution in [2.45, 2.75) is 26.7 Å². The molecule has 0 aliphatic heterocycles. The standard InChI is InChI=1S/C22H24N4O2/c1-15-8-7-9-18(12-15)16(2)14-23-21(27)22(28)24-20-13-17(3)25-26(20)19-10-5-4-6-11-19/h4-13,16H,14H2,1-3H3,(H,23,27)(H,24,28)/t16-/m0/s1. The van der Waals surface area contributed by atoms with E-state index in [4.69, 9.17) is 0 Å². The van der Waals surface area contributed by atoms with E-state index < -0.39 is 11.8 Å². The van der Waals surface area contributed by atoms with Gasteiger partial charge in [0, 0.05) is 12.6 Å². The van der Waals surface area contributed by atoms with Crippen molar-refractivity contribution in [2.75, 3.05) is 11.9 Å². The van der Waals surface area contributed by atoms with Crippen molar-refractivity contribution in [1.82, 2.24) is 15.1 Å². The number of nitrogens with one attached hydrogen (secondary N) is 2. The van der Waals surface area contributed by atoms with Crippen LogP contribution in [-0.2, 0) is 9.59 Å². The van der Waals surface area contributed by atoms with E-state index in [1.165, 1.54) is 0 Å². The van der Waals surface area contributed by atoms with Crippen LogP contribution in [0.15, 0.2) is 60.7 Å². The minimum Gasteiger partial charge on any atom is -0.347 e. The summed E-state index contributed by atoms with van der Waals surface area (Å²) in [6, 6.07) is 19.3. The van der Waals surface area contributed by atoms with Gasteiger partial charge in [-0.3, -0.25) is 9.59 Å². The van der Waals surface area contributed by atoms with E-state index in [1.54, 1.807) is 10.7 Å². The van der Waals surface area contributed by atoms with Crippen molar-refractivity contribution in [3.8, 4) is 5.69 Å². The molecule has 0 aliphatic carbocycles. The molecule has 3 rings (SSSR count). The molecule has 6 heteroatoms. The van der Waals surface area contributed by atoms with E-state index in [-0.39, 0.29) is 5.92 Å². The van der Waals surface area contributed by atoms with Crippen LogP contribution in [-0.4, -0.2) is 28.1 Å². The quantitative estimate of drug-likeness (QED) is 0.671. The molecule has 28 heavy (non-hydrogen) atoms. The van der Waals surface area contributed by atoms with Gasteiger partial charge in [0.05, 0.1) is 11.4 Å². The Bertz CT molecular complexity index is 979. The summed E-state index contributed by atoms with van der Waals surface area (Å²) in [5.74, 6) is -0.823. The van der Waals surface area contributed by atoms with Crippen LogP contribution < -0.4 is 10.6 Å². The highest BCUT2D eigenvalue weighted by Gasteiger charge is 2.18. The molecular weight excluding hydrogens is 352 g/mol. The molecule has 0 unspecified atom stereocenters. The molecule has 1 heterocycles. The lowest BCUT2D eigenvalue weighted by Gasteiger charge is -2.14. The van der Waals surface area contributed by atoms with Crippen molar-refractivity contribution in [3.63, 3.8) is 0 Å². The van der Waals surface area contributed by atoms with Crippen molar-refractivity contribution in [2.24, 2.45) is 0 Å². The molecule has 2 amide bonds. The third kappa shape index (κ3) is 4.65. The number of carbonyl (C=O) groups excluding carboxylic acids is 2. The highest BCUT2D eigenvalue weighted by Crippen LogP contribution is 2.17. The minimum absolute atomic E-state index is 0.105. The van der Waals surface area contributed by atoms with Crippen LogP contribution in [0.25, 0.3) is 5.69 Å². The first kappa shape index (κ1) is 19.4. The van der Waals surface area contributed by atoms with Crippen LogP contribution in [0.4, 0.5) is 5.82 Å². The Morgan fingerprint density at radius 2 is 1.75 bits per heavy atom. The number of carbonyl (C=O) groups is 2. The maximum absolute atomic E-state index is 12.3. The van der Waals surface area contributed by atoms with Gasteiger partial charge in [-0.25, -0.2) is 4.68 Å². The van der Waals surface area contributed by atoms with E-state index in [2.05, 4.69) is 21.8 Å². The second kappa shape index (κ2) is 8.52. The maximum atomic E-state index is 12.3. The molecular formula is C22H24N4O2. The van der Waals surface area contributed by atoms with Crippen LogP contribution in [0.3, 0.4) is 0 Å². The largest absolute Gasteiger partial charge is 0.347 e. The van der Waals surface area contributed by atoms with Crippen LogP contribution in [0.2, 0.25) is 0 Å². The lowest BCUT2D eigenvalue weighted by atomic mass is 9.99. The number of aromatic nitrogens is 2. The van der Waals surface area contributed by atoms with E-state index in [1.807, 2.05) is 69.3 Å². The molecule has 144 valence electrons. The Kier molecular flexibility index (Phi) is 5.89. The molecule has 0 saturated carbocycles. The second-order valence-corrected chi connectivity index (χ2v) is 6.90. The van der Waals surface area contributed by atoms with Gasteiger partial charge in [-0.05, 0) is 37.5 Å². The Labute approximate surface area is 164 Å². The molecule has 6 nitrogen and oxygen atoms in total. The molecule has 0 saturated heterocycles. The third-order valence-corrected chi connectivity index (χ3v) is 4.46. The number of nitrogens with zero attached hydrogens (tertiary/aromatic N) is 2. The lowest BCUT2D eigenvalue weighted by Crippen LogP contribution is -2.37. The average Bonchev–Trinajstić information content (AvgIpc) is 3.06. The molecule has 0 bridgehead atoms. The first-order valence-corrected chi connectivity index (χ1v) is 9.22. The lowest BCUT2D eigenvalue weighted by molar-refractivity contribution is -0.136. The predicted octanol–water partition coefficient (Wildman–Crippen LogP) is 3.35. The first-order chi connectivity index (χ1) is 13.4. The summed E-state index contributed by atoms with van der Waals surface area (Å²) >= 11 is 0. The average molecular weight is 376 g/mol. The SMILES string of the molecule is Cc1cccc([C@@H](C)CNC(=O)C(=O)Nc2cc(C)nn2-c2ccccc2)c1. The van der Waals surface area contributed by atoms with Gasteiger partial charge in [-0.1, -0.05) is 55.0 Å². The second-order valence-electron chi connectivity index (χ2n) is 6.90. The normalized spacial score (nSPS) is 11.7. The number of hydrogen-bond donors (Lipinski definition) is 2. The summed E-state index contributed by atoms with van der Waals surface area (Å²) in [6.07, 6.45) is 0. The Balaban J connectivity index is 1.63. The highest BCUT2D eigenvalue weighted by molar-refractivity contribution is 6.39. The van der Waals surface area contributed by atoms with E-state index in [9.17, 15) is 9.59 Å². The highest BCUT2D eigenvalue weighted by atomic mass is 16.2. The molecule has 1 atom stereocenters. The van der Waals surface area contributed by atoms with Crippen molar-refractivity contribution >= 4 is 17.6 Å². The Morgan fingerprint density at radius 3 is 2.46 bits per heavy atom. The van der Waals surface area contributed by atoms with Crippen molar-refractivity contribution in [3.05, 3.63) is 77.5 Å². The fourth-order valence-electron chi connectivity index (χ4n) is 2.95. The van der Waals surface area contributed by atoms with Gasteiger partial charge in [0.25, 0.3) is 0 Å². The zero-order valence-corrected chi connectivity index (χ0v) is 16.3. The third-order valence-electron chi connectivity index (χ3n) is 4.46. The molecule has 2 N–H and O–H groups in total. The van der Waals surface area contributed by atoms with Gasteiger partial charge in [-0.15, -0.1) is 0 Å². The van der Waals surface area contributed by atoms with Crippen LogP contribution in [0, 0.1) is 13.8 Å². The molecule has 2 aromatic carbocycles. The monoisotopic (exact) mass is 376 g/mol. The molecule has 0 spiro atoms. The van der Waals surface area contributed by atoms with Gasteiger partial charge >= 0.3 is 11.8 Å². The van der Waals surface area contributed by atoms with E-state index in [0.717, 1.165) is 22.5 Å². The molecule has 1 aromatic heterocycles. The fourth-order valence-corrected chi connectivity index (χ4v) is 2.95. The number of hydrogen-bond acceptors (Lipinski definition) is 3. The minimum atomic E-state index is -0.714. The zero-order valence-electron chi connectivity index (χ0n) is 16.3. The first-order valence-electron chi connectivity index (χ1n) is 9.22. The number of amides is 2. The molecule has 3 aromatic rings. The molecule has 0 radical (unpaired) electrons. The summed E-state index contributed by atoms with van der Waals surface area (Å²) in [5, 5.41) is 9.74. The molecule has 0 fully saturated rings. The summed E-state index contributed by atoms with van der Waals surface area (Å²) in [5.41, 5.74) is 3.84. The number of para-hydroxylation sites is 1. The summed E-state index contributed by atoms with van der Waals surface area (Å²) in [7, 11) is 0. The van der Waals surface area contributed by atoms with Gasteiger partial charge < -0.3 is 10.6 Å². The van der Waals surface area contributed by atoms with E-state index >= 15 is 0 Å². The maximum Gasteiger partial charge on any atom is 0.314 e. The molecule has 0 aliphatic rings. The van der Waals surface area contributed by atoms with Gasteiger partial charge in [0.15, 0.2) is 0 Å². The van der Waals surface area contributed by atoms with Crippen LogP contribution in [0.5, 0.6) is 0 Å². The number of benzene rings is 2. The topological polar surface area (TPSA) is 76.0 Å². The number of rotatable bonds is 5. The number of anilines is 1. The van der Waals surface area contributed by atoms with Gasteiger partial charge in [-0.2, -0.15) is 5.10 Å². The smallest absolute Gasteiger partial charge is 0.314 e. The van der Waals surface area contributed by atoms with Crippen molar-refractivity contribution < 1.29 is 9.59 Å². The summed E-state index contributed by atoms with van der Waals surface area (Å²) < 4.78 is 1.61. The van der Waals surface area contributed by atoms with Crippen LogP contribution >= 0.6 is 0 Å². The summed E-state index contributed by atoms with van der Waals surface area (Å²) in [6.45, 7) is 6.26. The summed E-state index contributed by atoms with van der Waals surface area (Å²) in [4.78, 5) is 24.6.